The van der Waals surface area contributed by atoms with Gasteiger partial charge in [-0.1, -0.05) is 37.0 Å². The number of fused-ring (bicyclic) bond motifs is 3. The zero-order chi connectivity index (χ0) is 21.9. The van der Waals surface area contributed by atoms with Crippen molar-refractivity contribution >= 4 is 50.3 Å². The van der Waals surface area contributed by atoms with Gasteiger partial charge >= 0.3 is 0 Å². The van der Waals surface area contributed by atoms with Crippen molar-refractivity contribution in [2.24, 2.45) is 0 Å². The molecular weight excluding hydrogens is 459 g/mol. The van der Waals surface area contributed by atoms with Crippen LogP contribution in [-0.2, 0) is 6.54 Å². The molecule has 0 aliphatic carbocycles. The highest BCUT2D eigenvalue weighted by atomic mass is 35.5. The molecule has 0 aliphatic heterocycles. The van der Waals surface area contributed by atoms with Crippen LogP contribution in [0.2, 0.25) is 9.49 Å². The molecule has 158 valence electrons. The van der Waals surface area contributed by atoms with Gasteiger partial charge in [-0.15, -0.1) is 21.5 Å². The lowest BCUT2D eigenvalue weighted by molar-refractivity contribution is 0.458. The summed E-state index contributed by atoms with van der Waals surface area (Å²) in [6.07, 6.45) is 0. The van der Waals surface area contributed by atoms with E-state index in [1.54, 1.807) is 6.07 Å². The number of rotatable bonds is 4. The topological polar surface area (TPSA) is 91.1 Å². The third kappa shape index (κ3) is 3.42. The maximum absolute atomic E-state index is 13.2. The highest BCUT2D eigenvalue weighted by molar-refractivity contribution is 7.22. The summed E-state index contributed by atoms with van der Waals surface area (Å²) in [7, 11) is 0. The minimum atomic E-state index is -0.251. The van der Waals surface area contributed by atoms with Crippen molar-refractivity contribution < 1.29 is 4.42 Å². The second-order valence-corrected chi connectivity index (χ2v) is 9.51. The molecule has 31 heavy (non-hydrogen) atoms. The van der Waals surface area contributed by atoms with Crippen molar-refractivity contribution in [3.63, 3.8) is 0 Å². The molecule has 0 fully saturated rings. The highest BCUT2D eigenvalue weighted by Crippen LogP contribution is 2.32. The zero-order valence-electron chi connectivity index (χ0n) is 16.8. The molecular formula is C20H16Cl2N6O2S. The first-order chi connectivity index (χ1) is 14.8. The summed E-state index contributed by atoms with van der Waals surface area (Å²) in [6.45, 7) is 5.93. The summed E-state index contributed by atoms with van der Waals surface area (Å²) in [5, 5.41) is 13.0. The number of aromatic nitrogens is 6. The number of hydrogen-bond donors (Lipinski definition) is 0. The molecule has 0 atom stereocenters. The van der Waals surface area contributed by atoms with Crippen molar-refractivity contribution in [2.75, 3.05) is 0 Å². The highest BCUT2D eigenvalue weighted by Gasteiger charge is 2.20. The molecule has 0 unspecified atom stereocenters. The van der Waals surface area contributed by atoms with Gasteiger partial charge in [-0.3, -0.25) is 9.20 Å². The summed E-state index contributed by atoms with van der Waals surface area (Å²) in [4.78, 5) is 17.4. The number of nitrogens with zero attached hydrogens (tertiary/aromatic N) is 6. The van der Waals surface area contributed by atoms with Crippen molar-refractivity contribution in [1.82, 2.24) is 29.4 Å². The Balaban J connectivity index is 1.59. The van der Waals surface area contributed by atoms with Crippen LogP contribution in [0.15, 0.2) is 33.5 Å². The molecule has 0 saturated carbocycles. The Kier molecular flexibility index (Phi) is 4.84. The number of hydrogen-bond acceptors (Lipinski definition) is 7. The van der Waals surface area contributed by atoms with Gasteiger partial charge in [0.2, 0.25) is 5.89 Å². The van der Waals surface area contributed by atoms with Crippen LogP contribution in [0.5, 0.6) is 0 Å². The van der Waals surface area contributed by atoms with Crippen molar-refractivity contribution in [1.29, 1.82) is 0 Å². The van der Waals surface area contributed by atoms with Gasteiger partial charge in [-0.05, 0) is 31.2 Å². The Labute approximate surface area is 190 Å². The Morgan fingerprint density at radius 2 is 1.97 bits per heavy atom. The van der Waals surface area contributed by atoms with E-state index in [1.807, 2.05) is 43.4 Å². The molecule has 0 spiro atoms. The first-order valence-corrected chi connectivity index (χ1v) is 11.1. The van der Waals surface area contributed by atoms with Gasteiger partial charge in [-0.25, -0.2) is 9.67 Å². The van der Waals surface area contributed by atoms with Gasteiger partial charge in [0.25, 0.3) is 11.4 Å². The first kappa shape index (κ1) is 20.2. The van der Waals surface area contributed by atoms with Crippen molar-refractivity contribution in [2.45, 2.75) is 33.2 Å². The quantitative estimate of drug-likeness (QED) is 0.342. The van der Waals surface area contributed by atoms with Gasteiger partial charge in [-0.2, -0.15) is 5.10 Å². The lowest BCUT2D eigenvalue weighted by Gasteiger charge is -2.12. The number of halogens is 2. The second-order valence-electron chi connectivity index (χ2n) is 7.43. The van der Waals surface area contributed by atoms with E-state index in [0.29, 0.717) is 15.4 Å². The van der Waals surface area contributed by atoms with Gasteiger partial charge < -0.3 is 4.42 Å². The third-order valence-electron chi connectivity index (χ3n) is 4.85. The molecule has 5 aromatic rings. The second kappa shape index (κ2) is 7.44. The largest absolute Gasteiger partial charge is 0.419 e. The molecule has 0 radical (unpaired) electrons. The normalized spacial score (nSPS) is 11.9. The molecule has 0 saturated heterocycles. The van der Waals surface area contributed by atoms with Gasteiger partial charge in [0.15, 0.2) is 0 Å². The number of aryl methyl sites for hydroxylation is 1. The van der Waals surface area contributed by atoms with E-state index in [9.17, 15) is 4.79 Å². The molecule has 0 N–H and O–H groups in total. The van der Waals surface area contributed by atoms with E-state index in [2.05, 4.69) is 20.3 Å². The van der Waals surface area contributed by atoms with Gasteiger partial charge in [0.05, 0.1) is 20.1 Å². The van der Waals surface area contributed by atoms with Crippen LogP contribution in [-0.4, -0.2) is 29.4 Å². The molecule has 8 nitrogen and oxygen atoms in total. The average molecular weight is 475 g/mol. The Hall–Kier alpha value is -2.75. The smallest absolute Gasteiger partial charge is 0.291 e. The summed E-state index contributed by atoms with van der Waals surface area (Å²) in [5.74, 6) is 1.30. The summed E-state index contributed by atoms with van der Waals surface area (Å²) >= 11 is 13.8. The summed E-state index contributed by atoms with van der Waals surface area (Å²) < 4.78 is 10.6. The average Bonchev–Trinajstić information content (AvgIpc) is 3.38. The van der Waals surface area contributed by atoms with Crippen LogP contribution < -0.4 is 5.56 Å². The molecule has 0 aromatic carbocycles. The molecule has 5 heterocycles. The molecule has 0 amide bonds. The molecule has 0 aliphatic rings. The first-order valence-electron chi connectivity index (χ1n) is 9.49. The monoisotopic (exact) mass is 474 g/mol. The predicted octanol–water partition coefficient (Wildman–Crippen LogP) is 4.94. The van der Waals surface area contributed by atoms with Crippen molar-refractivity contribution in [3.05, 3.63) is 61.5 Å². The maximum Gasteiger partial charge on any atom is 0.291 e. The molecule has 0 bridgehead atoms. The Bertz CT molecular complexity index is 1510. The Morgan fingerprint density at radius 1 is 1.16 bits per heavy atom. The van der Waals surface area contributed by atoms with E-state index < -0.39 is 0 Å². The zero-order valence-corrected chi connectivity index (χ0v) is 19.1. The van der Waals surface area contributed by atoms with Crippen LogP contribution in [0.3, 0.4) is 0 Å². The van der Waals surface area contributed by atoms with Crippen LogP contribution in [0.4, 0.5) is 0 Å². The number of thiophene rings is 1. The van der Waals surface area contributed by atoms with E-state index in [0.717, 1.165) is 21.7 Å². The fourth-order valence-corrected chi connectivity index (χ4v) is 4.87. The third-order valence-corrected chi connectivity index (χ3v) is 6.34. The minimum absolute atomic E-state index is 0.0402. The minimum Gasteiger partial charge on any atom is -0.419 e. The standard InChI is InChI=1S/C20H16Cl2N6O2S/c1-9(2)18-26-27(20(29)13-6-14-12(28(13)18)7-15(21)31-14)8-16-24-25-19(30-16)11-5-4-10(3)23-17(11)22/h4-7,9H,8H2,1-3H3. The SMILES string of the molecule is Cc1ccc(-c2nnc(Cn3nc(C(C)C)n4c(cc5sc(Cl)cc54)c3=O)o2)c(Cl)n1. The molecule has 5 aromatic heterocycles. The van der Waals surface area contributed by atoms with E-state index >= 15 is 0 Å². The predicted molar refractivity (Wildman–Crippen MR) is 120 cm³/mol. The maximum atomic E-state index is 13.2. The van der Waals surface area contributed by atoms with Gasteiger partial charge in [0.1, 0.15) is 23.0 Å². The van der Waals surface area contributed by atoms with Crippen LogP contribution in [0, 0.1) is 6.92 Å². The molecule has 5 rings (SSSR count). The summed E-state index contributed by atoms with van der Waals surface area (Å²) in [6, 6.07) is 7.28. The molecule has 11 heteroatoms. The van der Waals surface area contributed by atoms with Crippen LogP contribution in [0.1, 0.15) is 37.2 Å². The fourth-order valence-electron chi connectivity index (χ4n) is 3.43. The summed E-state index contributed by atoms with van der Waals surface area (Å²) in [5.41, 5.74) is 2.48. The Morgan fingerprint density at radius 3 is 2.71 bits per heavy atom. The van der Waals surface area contributed by atoms with Crippen LogP contribution in [0.25, 0.3) is 27.2 Å². The fraction of sp³-hybridized carbons (Fsp3) is 0.250. The van der Waals surface area contributed by atoms with Crippen LogP contribution >= 0.6 is 34.5 Å². The van der Waals surface area contributed by atoms with Crippen molar-refractivity contribution in [3.8, 4) is 11.5 Å². The number of pyridine rings is 1. The lowest BCUT2D eigenvalue weighted by Crippen LogP contribution is -2.28. The van der Waals surface area contributed by atoms with E-state index in [4.69, 9.17) is 27.6 Å². The lowest BCUT2D eigenvalue weighted by atomic mass is 10.2. The van der Waals surface area contributed by atoms with E-state index in [1.165, 1.54) is 16.0 Å². The van der Waals surface area contributed by atoms with Gasteiger partial charge in [0, 0.05) is 11.6 Å². The van der Waals surface area contributed by atoms with E-state index in [-0.39, 0.29) is 35.0 Å².